The van der Waals surface area contributed by atoms with Gasteiger partial charge in [0, 0.05) is 24.8 Å². The lowest BCUT2D eigenvalue weighted by molar-refractivity contribution is 0.619. The average molecular weight is 247 g/mol. The molecule has 0 aliphatic heterocycles. The summed E-state index contributed by atoms with van der Waals surface area (Å²) in [7, 11) is 0. The summed E-state index contributed by atoms with van der Waals surface area (Å²) in [5.74, 6) is -0.203. The highest BCUT2D eigenvalue weighted by molar-refractivity contribution is 5.61. The van der Waals surface area contributed by atoms with Crippen LogP contribution in [0.15, 0.2) is 30.5 Å². The van der Waals surface area contributed by atoms with Crippen LogP contribution < -0.4 is 5.32 Å². The van der Waals surface area contributed by atoms with Gasteiger partial charge >= 0.3 is 0 Å². The highest BCUT2D eigenvalue weighted by Crippen LogP contribution is 2.23. The van der Waals surface area contributed by atoms with Crippen molar-refractivity contribution in [2.75, 3.05) is 6.54 Å². The zero-order valence-electron chi connectivity index (χ0n) is 10.8. The SMILES string of the molecule is CCNCc1ccc(F)c(-c2ccnn2CC)c1. The molecule has 0 radical (unpaired) electrons. The first-order valence-electron chi connectivity index (χ1n) is 6.27. The second-order valence-corrected chi connectivity index (χ2v) is 4.13. The number of aromatic nitrogens is 2. The van der Waals surface area contributed by atoms with Crippen molar-refractivity contribution in [2.45, 2.75) is 26.9 Å². The van der Waals surface area contributed by atoms with Gasteiger partial charge in [0.2, 0.25) is 0 Å². The smallest absolute Gasteiger partial charge is 0.132 e. The third-order valence-electron chi connectivity index (χ3n) is 2.90. The molecule has 2 rings (SSSR count). The van der Waals surface area contributed by atoms with E-state index < -0.39 is 0 Å². The molecule has 1 aromatic carbocycles. The summed E-state index contributed by atoms with van der Waals surface area (Å²) >= 11 is 0. The second-order valence-electron chi connectivity index (χ2n) is 4.13. The summed E-state index contributed by atoms with van der Waals surface area (Å²) in [4.78, 5) is 0. The predicted octanol–water partition coefficient (Wildman–Crippen LogP) is 2.82. The van der Waals surface area contributed by atoms with E-state index in [-0.39, 0.29) is 5.82 Å². The van der Waals surface area contributed by atoms with Crippen LogP contribution in [0.3, 0.4) is 0 Å². The quantitative estimate of drug-likeness (QED) is 0.880. The average Bonchev–Trinajstić information content (AvgIpc) is 2.86. The van der Waals surface area contributed by atoms with Crippen molar-refractivity contribution in [1.82, 2.24) is 15.1 Å². The zero-order valence-corrected chi connectivity index (χ0v) is 10.8. The fraction of sp³-hybridized carbons (Fsp3) is 0.357. The van der Waals surface area contributed by atoms with E-state index in [9.17, 15) is 4.39 Å². The largest absolute Gasteiger partial charge is 0.313 e. The first kappa shape index (κ1) is 12.8. The minimum Gasteiger partial charge on any atom is -0.313 e. The summed E-state index contributed by atoms with van der Waals surface area (Å²) in [6, 6.07) is 7.07. The highest BCUT2D eigenvalue weighted by atomic mass is 19.1. The molecule has 0 fully saturated rings. The van der Waals surface area contributed by atoms with E-state index in [2.05, 4.69) is 17.3 Å². The van der Waals surface area contributed by atoms with Crippen molar-refractivity contribution in [3.63, 3.8) is 0 Å². The van der Waals surface area contributed by atoms with Crippen molar-refractivity contribution in [3.8, 4) is 11.3 Å². The van der Waals surface area contributed by atoms with Gasteiger partial charge in [-0.15, -0.1) is 0 Å². The van der Waals surface area contributed by atoms with Crippen LogP contribution >= 0.6 is 0 Å². The van der Waals surface area contributed by atoms with E-state index in [0.717, 1.165) is 30.9 Å². The molecule has 0 saturated heterocycles. The maximum atomic E-state index is 13.9. The van der Waals surface area contributed by atoms with Crippen molar-refractivity contribution in [2.24, 2.45) is 0 Å². The Kier molecular flexibility index (Phi) is 4.10. The Morgan fingerprint density at radius 1 is 1.28 bits per heavy atom. The summed E-state index contributed by atoms with van der Waals surface area (Å²) < 4.78 is 15.7. The Labute approximate surface area is 107 Å². The summed E-state index contributed by atoms with van der Waals surface area (Å²) in [6.45, 7) is 6.44. The maximum Gasteiger partial charge on any atom is 0.132 e. The Balaban J connectivity index is 2.37. The molecule has 3 nitrogen and oxygen atoms in total. The molecule has 0 amide bonds. The lowest BCUT2D eigenvalue weighted by atomic mass is 10.1. The van der Waals surface area contributed by atoms with Crippen LogP contribution in [0.4, 0.5) is 4.39 Å². The van der Waals surface area contributed by atoms with E-state index in [1.165, 1.54) is 6.07 Å². The standard InChI is InChI=1S/C14H18FN3/c1-3-16-10-11-5-6-13(15)12(9-11)14-7-8-17-18(14)4-2/h5-9,16H,3-4,10H2,1-2H3. The summed E-state index contributed by atoms with van der Waals surface area (Å²) in [5, 5.41) is 7.42. The number of hydrogen-bond donors (Lipinski definition) is 1. The van der Waals surface area contributed by atoms with Gasteiger partial charge in [-0.2, -0.15) is 5.10 Å². The van der Waals surface area contributed by atoms with E-state index in [1.807, 2.05) is 25.1 Å². The minimum atomic E-state index is -0.203. The molecule has 0 bridgehead atoms. The van der Waals surface area contributed by atoms with Crippen molar-refractivity contribution >= 4 is 0 Å². The molecule has 0 atom stereocenters. The van der Waals surface area contributed by atoms with Crippen LogP contribution in [0.5, 0.6) is 0 Å². The molecule has 0 spiro atoms. The minimum absolute atomic E-state index is 0.203. The third kappa shape index (κ3) is 2.59. The Hall–Kier alpha value is -1.68. The van der Waals surface area contributed by atoms with E-state index in [4.69, 9.17) is 0 Å². The van der Waals surface area contributed by atoms with Crippen LogP contribution in [0.1, 0.15) is 19.4 Å². The van der Waals surface area contributed by atoms with Gasteiger partial charge in [0.05, 0.1) is 5.69 Å². The topological polar surface area (TPSA) is 29.9 Å². The van der Waals surface area contributed by atoms with Crippen molar-refractivity contribution < 1.29 is 4.39 Å². The third-order valence-corrected chi connectivity index (χ3v) is 2.90. The lowest BCUT2D eigenvalue weighted by Crippen LogP contribution is -2.12. The number of nitrogens with zero attached hydrogens (tertiary/aromatic N) is 2. The van der Waals surface area contributed by atoms with E-state index in [1.54, 1.807) is 10.9 Å². The fourth-order valence-corrected chi connectivity index (χ4v) is 1.96. The molecule has 1 N–H and O–H groups in total. The summed E-state index contributed by atoms with van der Waals surface area (Å²) in [5.41, 5.74) is 2.52. The Morgan fingerprint density at radius 3 is 2.83 bits per heavy atom. The monoisotopic (exact) mass is 247 g/mol. The van der Waals surface area contributed by atoms with Crippen LogP contribution in [0.25, 0.3) is 11.3 Å². The maximum absolute atomic E-state index is 13.9. The molecule has 0 saturated carbocycles. The lowest BCUT2D eigenvalue weighted by Gasteiger charge is -2.09. The molecule has 2 aromatic rings. The van der Waals surface area contributed by atoms with Gasteiger partial charge in [0.1, 0.15) is 5.82 Å². The number of hydrogen-bond acceptors (Lipinski definition) is 2. The van der Waals surface area contributed by atoms with Gasteiger partial charge in [0.25, 0.3) is 0 Å². The van der Waals surface area contributed by atoms with Crippen LogP contribution in [-0.4, -0.2) is 16.3 Å². The normalized spacial score (nSPS) is 10.8. The predicted molar refractivity (Wildman–Crippen MR) is 70.7 cm³/mol. The van der Waals surface area contributed by atoms with Gasteiger partial charge < -0.3 is 5.32 Å². The molecule has 0 unspecified atom stereocenters. The van der Waals surface area contributed by atoms with Gasteiger partial charge in [-0.1, -0.05) is 13.0 Å². The molecular formula is C14H18FN3. The zero-order chi connectivity index (χ0) is 13.0. The van der Waals surface area contributed by atoms with E-state index in [0.29, 0.717) is 5.56 Å². The molecule has 0 aliphatic carbocycles. The second kappa shape index (κ2) is 5.78. The van der Waals surface area contributed by atoms with Crippen LogP contribution in [0, 0.1) is 5.82 Å². The number of halogens is 1. The number of rotatable bonds is 5. The van der Waals surface area contributed by atoms with Gasteiger partial charge in [0.15, 0.2) is 0 Å². The number of nitrogens with one attached hydrogen (secondary N) is 1. The van der Waals surface area contributed by atoms with E-state index >= 15 is 0 Å². The number of aryl methyl sites for hydroxylation is 1. The molecule has 4 heteroatoms. The Morgan fingerprint density at radius 2 is 2.11 bits per heavy atom. The van der Waals surface area contributed by atoms with Gasteiger partial charge in [-0.05, 0) is 37.2 Å². The van der Waals surface area contributed by atoms with Crippen LogP contribution in [0.2, 0.25) is 0 Å². The summed E-state index contributed by atoms with van der Waals surface area (Å²) in [6.07, 6.45) is 1.70. The fourth-order valence-electron chi connectivity index (χ4n) is 1.96. The van der Waals surface area contributed by atoms with Crippen molar-refractivity contribution in [1.29, 1.82) is 0 Å². The number of benzene rings is 1. The molecule has 1 heterocycles. The first-order chi connectivity index (χ1) is 8.76. The molecular weight excluding hydrogens is 229 g/mol. The van der Waals surface area contributed by atoms with Crippen molar-refractivity contribution in [3.05, 3.63) is 41.8 Å². The Bertz CT molecular complexity index is 520. The molecule has 0 aliphatic rings. The molecule has 18 heavy (non-hydrogen) atoms. The molecule has 1 aromatic heterocycles. The van der Waals surface area contributed by atoms with Gasteiger partial charge in [-0.25, -0.2) is 4.39 Å². The molecule has 96 valence electrons. The first-order valence-corrected chi connectivity index (χ1v) is 6.27. The highest BCUT2D eigenvalue weighted by Gasteiger charge is 2.10. The van der Waals surface area contributed by atoms with Gasteiger partial charge in [-0.3, -0.25) is 4.68 Å². The van der Waals surface area contributed by atoms with Crippen LogP contribution in [-0.2, 0) is 13.1 Å².